The van der Waals surface area contributed by atoms with Crippen LogP contribution in [-0.2, 0) is 9.59 Å². The number of nitrogens with one attached hydrogen (secondary N) is 1. The SMILES string of the molecule is CC(Oc1ccc(Cl)cc1Cl)C(=O)NC(C(=O)O)C(C)C. The van der Waals surface area contributed by atoms with Gasteiger partial charge in [-0.05, 0) is 31.0 Å². The van der Waals surface area contributed by atoms with E-state index in [9.17, 15) is 9.59 Å². The molecule has 0 bridgehead atoms. The molecule has 0 fully saturated rings. The quantitative estimate of drug-likeness (QED) is 0.839. The monoisotopic (exact) mass is 333 g/mol. The fourth-order valence-corrected chi connectivity index (χ4v) is 2.05. The third-order valence-corrected chi connectivity index (χ3v) is 3.33. The first-order chi connectivity index (χ1) is 9.72. The second-order valence-electron chi connectivity index (χ2n) is 4.90. The summed E-state index contributed by atoms with van der Waals surface area (Å²) < 4.78 is 5.43. The summed E-state index contributed by atoms with van der Waals surface area (Å²) in [5.74, 6) is -1.55. The molecule has 21 heavy (non-hydrogen) atoms. The zero-order valence-electron chi connectivity index (χ0n) is 11.9. The van der Waals surface area contributed by atoms with Crippen LogP contribution in [0.2, 0.25) is 10.0 Å². The van der Waals surface area contributed by atoms with Crippen LogP contribution in [0, 0.1) is 5.92 Å². The standard InChI is InChI=1S/C14H17Cl2NO4/c1-7(2)12(14(19)20)17-13(18)8(3)21-11-5-4-9(15)6-10(11)16/h4-8,12H,1-3H3,(H,17,18)(H,19,20). The third-order valence-electron chi connectivity index (χ3n) is 2.80. The predicted molar refractivity (Wildman–Crippen MR) is 81.0 cm³/mol. The van der Waals surface area contributed by atoms with E-state index >= 15 is 0 Å². The van der Waals surface area contributed by atoms with E-state index in [2.05, 4.69) is 5.32 Å². The van der Waals surface area contributed by atoms with Gasteiger partial charge < -0.3 is 15.2 Å². The first kappa shape index (κ1) is 17.6. The highest BCUT2D eigenvalue weighted by Crippen LogP contribution is 2.28. The number of carbonyl (C=O) groups is 2. The van der Waals surface area contributed by atoms with Crippen molar-refractivity contribution < 1.29 is 19.4 Å². The Morgan fingerprint density at radius 1 is 1.24 bits per heavy atom. The van der Waals surface area contributed by atoms with Crippen molar-refractivity contribution in [2.24, 2.45) is 5.92 Å². The number of amides is 1. The molecule has 0 aliphatic rings. The van der Waals surface area contributed by atoms with Gasteiger partial charge in [-0.25, -0.2) is 4.79 Å². The molecule has 0 aromatic heterocycles. The molecule has 7 heteroatoms. The van der Waals surface area contributed by atoms with Crippen molar-refractivity contribution in [2.45, 2.75) is 32.9 Å². The summed E-state index contributed by atoms with van der Waals surface area (Å²) in [5.41, 5.74) is 0. The van der Waals surface area contributed by atoms with Gasteiger partial charge in [-0.1, -0.05) is 37.0 Å². The van der Waals surface area contributed by atoms with Crippen LogP contribution in [0.25, 0.3) is 0 Å². The normalized spacial score (nSPS) is 13.6. The molecular formula is C14H17Cl2NO4. The van der Waals surface area contributed by atoms with Crippen LogP contribution in [-0.4, -0.2) is 29.1 Å². The number of ether oxygens (including phenoxy) is 1. The summed E-state index contributed by atoms with van der Waals surface area (Å²) in [6.07, 6.45) is -0.885. The summed E-state index contributed by atoms with van der Waals surface area (Å²) in [6.45, 7) is 4.93. The van der Waals surface area contributed by atoms with E-state index in [4.69, 9.17) is 33.0 Å². The molecule has 2 atom stereocenters. The number of halogens is 2. The van der Waals surface area contributed by atoms with Gasteiger partial charge >= 0.3 is 5.97 Å². The molecule has 0 aliphatic heterocycles. The van der Waals surface area contributed by atoms with Gasteiger partial charge in [-0.3, -0.25) is 4.79 Å². The first-order valence-corrected chi connectivity index (χ1v) is 7.13. The Balaban J connectivity index is 2.72. The van der Waals surface area contributed by atoms with Crippen molar-refractivity contribution in [1.82, 2.24) is 5.32 Å². The molecule has 1 amide bonds. The summed E-state index contributed by atoms with van der Waals surface area (Å²) >= 11 is 11.7. The maximum Gasteiger partial charge on any atom is 0.326 e. The van der Waals surface area contributed by atoms with Gasteiger partial charge in [0.25, 0.3) is 5.91 Å². The maximum atomic E-state index is 12.0. The largest absolute Gasteiger partial charge is 0.480 e. The number of hydrogen-bond donors (Lipinski definition) is 2. The molecule has 2 unspecified atom stereocenters. The highest BCUT2D eigenvalue weighted by Gasteiger charge is 2.26. The molecule has 0 heterocycles. The molecule has 5 nitrogen and oxygen atoms in total. The van der Waals surface area contributed by atoms with Crippen molar-refractivity contribution >= 4 is 35.1 Å². The van der Waals surface area contributed by atoms with Crippen molar-refractivity contribution in [3.63, 3.8) is 0 Å². The van der Waals surface area contributed by atoms with Gasteiger partial charge in [0.1, 0.15) is 11.8 Å². The predicted octanol–water partition coefficient (Wildman–Crippen LogP) is 2.99. The van der Waals surface area contributed by atoms with Crippen LogP contribution in [0.3, 0.4) is 0 Å². The molecule has 0 saturated heterocycles. The lowest BCUT2D eigenvalue weighted by Gasteiger charge is -2.21. The first-order valence-electron chi connectivity index (χ1n) is 6.37. The highest BCUT2D eigenvalue weighted by molar-refractivity contribution is 6.35. The van der Waals surface area contributed by atoms with E-state index in [0.717, 1.165) is 0 Å². The fourth-order valence-electron chi connectivity index (χ4n) is 1.60. The smallest absolute Gasteiger partial charge is 0.326 e. The topological polar surface area (TPSA) is 75.6 Å². The minimum Gasteiger partial charge on any atom is -0.480 e. The van der Waals surface area contributed by atoms with E-state index in [0.29, 0.717) is 10.8 Å². The molecule has 0 spiro atoms. The molecule has 1 aromatic carbocycles. The second-order valence-corrected chi connectivity index (χ2v) is 5.75. The lowest BCUT2D eigenvalue weighted by atomic mass is 10.0. The Morgan fingerprint density at radius 3 is 2.33 bits per heavy atom. The lowest BCUT2D eigenvalue weighted by molar-refractivity contribution is -0.144. The van der Waals surface area contributed by atoms with E-state index in [1.165, 1.54) is 13.0 Å². The Bertz CT molecular complexity index is 534. The summed E-state index contributed by atoms with van der Waals surface area (Å²) in [5, 5.41) is 12.2. The average molecular weight is 334 g/mol. The molecule has 2 N–H and O–H groups in total. The van der Waals surface area contributed by atoms with Gasteiger partial charge in [0.15, 0.2) is 6.10 Å². The van der Waals surface area contributed by atoms with Crippen LogP contribution < -0.4 is 10.1 Å². The van der Waals surface area contributed by atoms with Crippen LogP contribution >= 0.6 is 23.2 Å². The average Bonchev–Trinajstić information content (AvgIpc) is 2.37. The Labute approximate surface area is 133 Å². The molecule has 116 valence electrons. The minimum absolute atomic E-state index is 0.238. The van der Waals surface area contributed by atoms with Crippen LogP contribution in [0.1, 0.15) is 20.8 Å². The van der Waals surface area contributed by atoms with Crippen molar-refractivity contribution in [3.8, 4) is 5.75 Å². The summed E-state index contributed by atoms with van der Waals surface area (Å²) in [4.78, 5) is 23.0. The third kappa shape index (κ3) is 5.10. The number of carboxylic acid groups (broad SMARTS) is 1. The zero-order valence-corrected chi connectivity index (χ0v) is 13.4. The Morgan fingerprint density at radius 2 is 1.86 bits per heavy atom. The van der Waals surface area contributed by atoms with Crippen molar-refractivity contribution in [2.75, 3.05) is 0 Å². The van der Waals surface area contributed by atoms with Gasteiger partial charge in [0, 0.05) is 5.02 Å². The van der Waals surface area contributed by atoms with Crippen molar-refractivity contribution in [1.29, 1.82) is 0 Å². The summed E-state index contributed by atoms with van der Waals surface area (Å²) in [6, 6.07) is 3.66. The van der Waals surface area contributed by atoms with E-state index in [-0.39, 0.29) is 10.9 Å². The Hall–Kier alpha value is -1.46. The van der Waals surface area contributed by atoms with E-state index < -0.39 is 24.0 Å². The van der Waals surface area contributed by atoms with Crippen LogP contribution in [0.4, 0.5) is 0 Å². The lowest BCUT2D eigenvalue weighted by Crippen LogP contribution is -2.48. The molecule has 0 aliphatic carbocycles. The van der Waals surface area contributed by atoms with Gasteiger partial charge in [0.2, 0.25) is 0 Å². The minimum atomic E-state index is -1.09. The number of aliphatic carboxylic acids is 1. The summed E-state index contributed by atoms with van der Waals surface area (Å²) in [7, 11) is 0. The zero-order chi connectivity index (χ0) is 16.2. The second kappa shape index (κ2) is 7.52. The number of hydrogen-bond acceptors (Lipinski definition) is 3. The van der Waals surface area contributed by atoms with Crippen molar-refractivity contribution in [3.05, 3.63) is 28.2 Å². The van der Waals surface area contributed by atoms with Gasteiger partial charge in [0.05, 0.1) is 5.02 Å². The molecule has 1 aromatic rings. The number of rotatable bonds is 6. The van der Waals surface area contributed by atoms with Gasteiger partial charge in [-0.15, -0.1) is 0 Å². The fraction of sp³-hybridized carbons (Fsp3) is 0.429. The molecule has 1 rings (SSSR count). The maximum absolute atomic E-state index is 12.0. The Kier molecular flexibility index (Phi) is 6.30. The van der Waals surface area contributed by atoms with E-state index in [1.54, 1.807) is 26.0 Å². The number of benzene rings is 1. The molecular weight excluding hydrogens is 317 g/mol. The van der Waals surface area contributed by atoms with Crippen LogP contribution in [0.15, 0.2) is 18.2 Å². The van der Waals surface area contributed by atoms with Crippen LogP contribution in [0.5, 0.6) is 5.75 Å². The van der Waals surface area contributed by atoms with E-state index in [1.807, 2.05) is 0 Å². The number of carboxylic acids is 1. The van der Waals surface area contributed by atoms with Gasteiger partial charge in [-0.2, -0.15) is 0 Å². The molecule has 0 saturated carbocycles. The number of carbonyl (C=O) groups excluding carboxylic acids is 1. The highest BCUT2D eigenvalue weighted by atomic mass is 35.5. The molecule has 0 radical (unpaired) electrons.